The van der Waals surface area contributed by atoms with E-state index in [0.717, 1.165) is 15.0 Å². The van der Waals surface area contributed by atoms with Crippen LogP contribution in [0.25, 0.3) is 0 Å². The quantitative estimate of drug-likeness (QED) is 0.843. The molecule has 19 heavy (non-hydrogen) atoms. The Morgan fingerprint density at radius 1 is 1.32 bits per heavy atom. The lowest BCUT2D eigenvalue weighted by Crippen LogP contribution is -1.99. The standard InChI is InChI=1S/C13H14FN3S2/c1-8(9-2-4-10(14)5-3-9)18-13-17-16-12(19-13)15-11-6-7-11/h2-5,8,11H,6-7H2,1H3,(H,15,16)/t8-/m1/s1. The van der Waals surface area contributed by atoms with E-state index in [1.165, 1.54) is 25.0 Å². The number of rotatable bonds is 5. The molecule has 0 aliphatic heterocycles. The molecule has 1 aliphatic carbocycles. The summed E-state index contributed by atoms with van der Waals surface area (Å²) in [4.78, 5) is 0. The molecule has 0 saturated heterocycles. The Morgan fingerprint density at radius 3 is 2.74 bits per heavy atom. The molecule has 1 saturated carbocycles. The molecule has 2 aromatic rings. The lowest BCUT2D eigenvalue weighted by Gasteiger charge is -2.08. The first-order valence-electron chi connectivity index (χ1n) is 6.23. The minimum Gasteiger partial charge on any atom is -0.357 e. The van der Waals surface area contributed by atoms with Gasteiger partial charge in [0, 0.05) is 11.3 Å². The molecule has 3 nitrogen and oxygen atoms in total. The van der Waals surface area contributed by atoms with Gasteiger partial charge in [-0.15, -0.1) is 10.2 Å². The van der Waals surface area contributed by atoms with Gasteiger partial charge < -0.3 is 5.32 Å². The first-order valence-corrected chi connectivity index (χ1v) is 7.92. The third-order valence-electron chi connectivity index (χ3n) is 2.93. The van der Waals surface area contributed by atoms with Crippen LogP contribution < -0.4 is 5.32 Å². The molecule has 1 aliphatic rings. The van der Waals surface area contributed by atoms with Crippen LogP contribution in [0.1, 0.15) is 30.6 Å². The highest BCUT2D eigenvalue weighted by molar-refractivity contribution is 8.01. The van der Waals surface area contributed by atoms with Gasteiger partial charge in [-0.3, -0.25) is 0 Å². The number of anilines is 1. The summed E-state index contributed by atoms with van der Waals surface area (Å²) in [6, 6.07) is 7.22. The van der Waals surface area contributed by atoms with Crippen molar-refractivity contribution in [3.8, 4) is 0 Å². The number of hydrogen-bond donors (Lipinski definition) is 1. The lowest BCUT2D eigenvalue weighted by molar-refractivity contribution is 0.627. The maximum absolute atomic E-state index is 12.9. The summed E-state index contributed by atoms with van der Waals surface area (Å²) < 4.78 is 13.8. The number of aromatic nitrogens is 2. The van der Waals surface area contributed by atoms with Gasteiger partial charge in [0.2, 0.25) is 5.13 Å². The zero-order chi connectivity index (χ0) is 13.2. The maximum atomic E-state index is 12.9. The molecule has 0 radical (unpaired) electrons. The molecule has 1 fully saturated rings. The molecule has 1 aromatic carbocycles. The first kappa shape index (κ1) is 12.9. The molecule has 1 N–H and O–H groups in total. The largest absolute Gasteiger partial charge is 0.357 e. The zero-order valence-corrected chi connectivity index (χ0v) is 12.1. The summed E-state index contributed by atoms with van der Waals surface area (Å²) in [7, 11) is 0. The molecule has 0 amide bonds. The van der Waals surface area contributed by atoms with Crippen LogP contribution in [-0.4, -0.2) is 16.2 Å². The highest BCUT2D eigenvalue weighted by atomic mass is 32.2. The zero-order valence-electron chi connectivity index (χ0n) is 10.5. The molecule has 1 atom stereocenters. The highest BCUT2D eigenvalue weighted by Gasteiger charge is 2.22. The average Bonchev–Trinajstić information content (AvgIpc) is 3.10. The molecule has 6 heteroatoms. The van der Waals surface area contributed by atoms with Crippen molar-refractivity contribution in [2.24, 2.45) is 0 Å². The SMILES string of the molecule is C[C@@H](Sc1nnc(NC2CC2)s1)c1ccc(F)cc1. The van der Waals surface area contributed by atoms with Crippen LogP contribution in [0.3, 0.4) is 0 Å². The van der Waals surface area contributed by atoms with E-state index >= 15 is 0 Å². The molecule has 3 rings (SSSR count). The van der Waals surface area contributed by atoms with Gasteiger partial charge >= 0.3 is 0 Å². The van der Waals surface area contributed by atoms with Gasteiger partial charge in [-0.1, -0.05) is 35.2 Å². The number of hydrogen-bond acceptors (Lipinski definition) is 5. The van der Waals surface area contributed by atoms with Crippen LogP contribution in [0.5, 0.6) is 0 Å². The van der Waals surface area contributed by atoms with E-state index in [9.17, 15) is 4.39 Å². The van der Waals surface area contributed by atoms with Gasteiger partial charge in [-0.25, -0.2) is 4.39 Å². The van der Waals surface area contributed by atoms with E-state index in [4.69, 9.17) is 0 Å². The molecule has 0 unspecified atom stereocenters. The van der Waals surface area contributed by atoms with E-state index in [0.29, 0.717) is 6.04 Å². The van der Waals surface area contributed by atoms with E-state index in [2.05, 4.69) is 22.4 Å². The third kappa shape index (κ3) is 3.45. The Kier molecular flexibility index (Phi) is 3.70. The van der Waals surface area contributed by atoms with E-state index in [-0.39, 0.29) is 11.1 Å². The van der Waals surface area contributed by atoms with Crippen molar-refractivity contribution in [1.82, 2.24) is 10.2 Å². The molecule has 1 aromatic heterocycles. The lowest BCUT2D eigenvalue weighted by atomic mass is 10.2. The summed E-state index contributed by atoms with van der Waals surface area (Å²) in [5, 5.41) is 12.8. The van der Waals surface area contributed by atoms with Crippen LogP contribution >= 0.6 is 23.1 Å². The molecule has 0 spiro atoms. The predicted octanol–water partition coefficient (Wildman–Crippen LogP) is 4.10. The molecular formula is C13H14FN3S2. The first-order chi connectivity index (χ1) is 9.20. The van der Waals surface area contributed by atoms with Gasteiger partial charge in [0.05, 0.1) is 0 Å². The Morgan fingerprint density at radius 2 is 2.05 bits per heavy atom. The highest BCUT2D eigenvalue weighted by Crippen LogP contribution is 2.38. The van der Waals surface area contributed by atoms with Gasteiger partial charge in [0.25, 0.3) is 0 Å². The molecular weight excluding hydrogens is 281 g/mol. The van der Waals surface area contributed by atoms with Crippen molar-refractivity contribution in [2.45, 2.75) is 35.4 Å². The van der Waals surface area contributed by atoms with E-state index in [1.807, 2.05) is 12.1 Å². The minimum absolute atomic E-state index is 0.201. The van der Waals surface area contributed by atoms with E-state index in [1.54, 1.807) is 23.1 Å². The summed E-state index contributed by atoms with van der Waals surface area (Å²) in [6.45, 7) is 2.09. The van der Waals surface area contributed by atoms with Crippen molar-refractivity contribution in [3.05, 3.63) is 35.6 Å². The molecule has 100 valence electrons. The van der Waals surface area contributed by atoms with Crippen LogP contribution in [0.4, 0.5) is 9.52 Å². The normalized spacial score (nSPS) is 16.3. The maximum Gasteiger partial charge on any atom is 0.206 e. The van der Waals surface area contributed by atoms with Crippen LogP contribution in [0.15, 0.2) is 28.6 Å². The number of nitrogens with zero attached hydrogens (tertiary/aromatic N) is 2. The fourth-order valence-corrected chi connectivity index (χ4v) is 3.77. The number of nitrogens with one attached hydrogen (secondary N) is 1. The summed E-state index contributed by atoms with van der Waals surface area (Å²) >= 11 is 3.24. The van der Waals surface area contributed by atoms with Crippen LogP contribution in [0.2, 0.25) is 0 Å². The minimum atomic E-state index is -0.201. The van der Waals surface area contributed by atoms with Crippen LogP contribution in [-0.2, 0) is 0 Å². The van der Waals surface area contributed by atoms with Crippen molar-refractivity contribution in [1.29, 1.82) is 0 Å². The Bertz CT molecular complexity index is 551. The third-order valence-corrected chi connectivity index (χ3v) is 5.03. The summed E-state index contributed by atoms with van der Waals surface area (Å²) in [5.41, 5.74) is 1.10. The van der Waals surface area contributed by atoms with Crippen LogP contribution in [0, 0.1) is 5.82 Å². The molecule has 1 heterocycles. The van der Waals surface area contributed by atoms with Gasteiger partial charge in [-0.05, 0) is 37.5 Å². The second-order valence-electron chi connectivity index (χ2n) is 4.60. The van der Waals surface area contributed by atoms with Gasteiger partial charge in [0.15, 0.2) is 4.34 Å². The predicted molar refractivity (Wildman–Crippen MR) is 77.2 cm³/mol. The smallest absolute Gasteiger partial charge is 0.206 e. The van der Waals surface area contributed by atoms with E-state index < -0.39 is 0 Å². The second kappa shape index (κ2) is 5.46. The average molecular weight is 295 g/mol. The second-order valence-corrected chi connectivity index (χ2v) is 7.17. The van der Waals surface area contributed by atoms with Crippen molar-refractivity contribution < 1.29 is 4.39 Å². The number of halogens is 1. The fourth-order valence-electron chi connectivity index (χ4n) is 1.67. The summed E-state index contributed by atoms with van der Waals surface area (Å²) in [6.07, 6.45) is 2.46. The van der Waals surface area contributed by atoms with Gasteiger partial charge in [0.1, 0.15) is 5.82 Å². The Hall–Kier alpha value is -1.14. The topological polar surface area (TPSA) is 37.8 Å². The van der Waals surface area contributed by atoms with Crippen molar-refractivity contribution in [2.75, 3.05) is 5.32 Å². The monoisotopic (exact) mass is 295 g/mol. The van der Waals surface area contributed by atoms with Crippen molar-refractivity contribution >= 4 is 28.2 Å². The number of benzene rings is 1. The summed E-state index contributed by atoms with van der Waals surface area (Å²) in [5.74, 6) is -0.201. The number of thioether (sulfide) groups is 1. The van der Waals surface area contributed by atoms with Gasteiger partial charge in [-0.2, -0.15) is 0 Å². The Balaban J connectivity index is 1.63. The Labute approximate surface area is 119 Å². The molecule has 0 bridgehead atoms. The fraction of sp³-hybridized carbons (Fsp3) is 0.385. The van der Waals surface area contributed by atoms with Crippen molar-refractivity contribution in [3.63, 3.8) is 0 Å².